The predicted molar refractivity (Wildman–Crippen MR) is 73.3 cm³/mol. The summed E-state index contributed by atoms with van der Waals surface area (Å²) in [5, 5.41) is 2.82. The molecule has 3 N–H and O–H groups in total. The Hall–Kier alpha value is -0.580. The molecule has 2 unspecified atom stereocenters. The molecule has 0 aliphatic carbocycles. The van der Waals surface area contributed by atoms with Crippen LogP contribution in [0.5, 0.6) is 0 Å². The Morgan fingerprint density at radius 3 is 2.82 bits per heavy atom. The van der Waals surface area contributed by atoms with Crippen LogP contribution in [0.25, 0.3) is 0 Å². The van der Waals surface area contributed by atoms with E-state index >= 15 is 0 Å². The van der Waals surface area contributed by atoms with Crippen LogP contribution in [0, 0.1) is 5.41 Å². The van der Waals surface area contributed by atoms with Crippen molar-refractivity contribution in [2.45, 2.75) is 26.3 Å². The van der Waals surface area contributed by atoms with Gasteiger partial charge in [0.15, 0.2) is 0 Å². The first-order chi connectivity index (χ1) is 7.52. The number of amides is 1. The molecule has 5 heteroatoms. The van der Waals surface area contributed by atoms with Crippen LogP contribution in [0.1, 0.15) is 20.3 Å². The highest BCUT2D eigenvalue weighted by atomic mass is 35.5. The van der Waals surface area contributed by atoms with Crippen molar-refractivity contribution in [1.82, 2.24) is 10.2 Å². The average molecular weight is 262 g/mol. The molecule has 1 rings (SSSR count). The Morgan fingerprint density at radius 1 is 1.71 bits per heavy atom. The number of nitrogens with two attached hydrogens (primary N) is 1. The first kappa shape index (κ1) is 16.4. The van der Waals surface area contributed by atoms with Crippen LogP contribution in [0.4, 0.5) is 0 Å². The highest BCUT2D eigenvalue weighted by molar-refractivity contribution is 5.85. The van der Waals surface area contributed by atoms with E-state index in [0.29, 0.717) is 13.1 Å². The molecule has 0 aromatic heterocycles. The number of nitrogens with zero attached hydrogens (tertiary/aromatic N) is 1. The van der Waals surface area contributed by atoms with Gasteiger partial charge in [0.1, 0.15) is 0 Å². The number of likely N-dealkylation sites (tertiary alicyclic amines) is 1. The van der Waals surface area contributed by atoms with E-state index in [-0.39, 0.29) is 29.8 Å². The fourth-order valence-corrected chi connectivity index (χ4v) is 2.05. The van der Waals surface area contributed by atoms with E-state index in [4.69, 9.17) is 5.73 Å². The summed E-state index contributed by atoms with van der Waals surface area (Å²) in [6, 6.07) is -0.0756. The predicted octanol–water partition coefficient (Wildman–Crippen LogP) is 0.770. The van der Waals surface area contributed by atoms with Gasteiger partial charge >= 0.3 is 0 Å². The van der Waals surface area contributed by atoms with E-state index in [1.807, 2.05) is 6.92 Å². The molecule has 0 saturated carbocycles. The van der Waals surface area contributed by atoms with Gasteiger partial charge in [0.25, 0.3) is 0 Å². The number of halogens is 1. The van der Waals surface area contributed by atoms with Gasteiger partial charge in [-0.1, -0.05) is 13.0 Å². The van der Waals surface area contributed by atoms with Crippen molar-refractivity contribution in [3.8, 4) is 0 Å². The minimum absolute atomic E-state index is 0. The first-order valence-corrected chi connectivity index (χ1v) is 5.85. The second kappa shape index (κ2) is 6.99. The standard InChI is InChI=1S/C12H23N3O.ClH/c1-4-6-14-11(16)10(2)15-7-5-12(3,8-13)9-15;/h4,10H,1,5-9,13H2,2-3H3,(H,14,16);1H. The lowest BCUT2D eigenvalue weighted by molar-refractivity contribution is -0.125. The highest BCUT2D eigenvalue weighted by Crippen LogP contribution is 2.29. The van der Waals surface area contributed by atoms with Crippen molar-refractivity contribution in [2.75, 3.05) is 26.2 Å². The molecular weight excluding hydrogens is 238 g/mol. The van der Waals surface area contributed by atoms with Crippen LogP contribution in [-0.2, 0) is 4.79 Å². The topological polar surface area (TPSA) is 58.4 Å². The van der Waals surface area contributed by atoms with Crippen LogP contribution in [0.15, 0.2) is 12.7 Å². The Kier molecular flexibility index (Phi) is 6.75. The molecule has 17 heavy (non-hydrogen) atoms. The highest BCUT2D eigenvalue weighted by Gasteiger charge is 2.36. The maximum absolute atomic E-state index is 11.8. The van der Waals surface area contributed by atoms with Gasteiger partial charge in [-0.05, 0) is 31.8 Å². The molecule has 1 heterocycles. The number of rotatable bonds is 5. The van der Waals surface area contributed by atoms with Gasteiger partial charge in [-0.3, -0.25) is 9.69 Å². The Balaban J connectivity index is 0.00000256. The molecule has 1 saturated heterocycles. The van der Waals surface area contributed by atoms with E-state index in [1.165, 1.54) is 0 Å². The van der Waals surface area contributed by atoms with E-state index in [1.54, 1.807) is 6.08 Å². The molecule has 100 valence electrons. The molecular formula is C12H24ClN3O. The molecule has 0 radical (unpaired) electrons. The maximum atomic E-state index is 11.8. The monoisotopic (exact) mass is 261 g/mol. The Labute approximate surface area is 110 Å². The Morgan fingerprint density at radius 2 is 2.35 bits per heavy atom. The number of carbonyl (C=O) groups is 1. The van der Waals surface area contributed by atoms with Crippen molar-refractivity contribution in [3.63, 3.8) is 0 Å². The third kappa shape index (κ3) is 4.30. The number of hydrogen-bond donors (Lipinski definition) is 2. The first-order valence-electron chi connectivity index (χ1n) is 5.85. The second-order valence-corrected chi connectivity index (χ2v) is 4.95. The lowest BCUT2D eigenvalue weighted by Gasteiger charge is -2.26. The summed E-state index contributed by atoms with van der Waals surface area (Å²) in [5.74, 6) is 0.0705. The summed E-state index contributed by atoms with van der Waals surface area (Å²) in [7, 11) is 0. The van der Waals surface area contributed by atoms with Gasteiger partial charge in [-0.15, -0.1) is 19.0 Å². The third-order valence-electron chi connectivity index (χ3n) is 3.43. The van der Waals surface area contributed by atoms with E-state index < -0.39 is 0 Å². The third-order valence-corrected chi connectivity index (χ3v) is 3.43. The molecule has 0 aromatic rings. The molecule has 1 aliphatic heterocycles. The summed E-state index contributed by atoms with van der Waals surface area (Å²) in [6.07, 6.45) is 2.77. The minimum atomic E-state index is -0.0756. The normalized spacial score (nSPS) is 26.1. The van der Waals surface area contributed by atoms with E-state index in [9.17, 15) is 4.79 Å². The average Bonchev–Trinajstić information content (AvgIpc) is 2.68. The fourth-order valence-electron chi connectivity index (χ4n) is 2.05. The fraction of sp³-hybridized carbons (Fsp3) is 0.750. The zero-order valence-corrected chi connectivity index (χ0v) is 11.6. The zero-order valence-electron chi connectivity index (χ0n) is 10.7. The second-order valence-electron chi connectivity index (χ2n) is 4.95. The number of nitrogens with one attached hydrogen (secondary N) is 1. The van der Waals surface area contributed by atoms with Crippen LogP contribution in [-0.4, -0.2) is 43.0 Å². The summed E-state index contributed by atoms with van der Waals surface area (Å²) >= 11 is 0. The molecule has 0 aromatic carbocycles. The summed E-state index contributed by atoms with van der Waals surface area (Å²) in [5.41, 5.74) is 5.92. The van der Waals surface area contributed by atoms with Gasteiger partial charge in [0, 0.05) is 13.1 Å². The quantitative estimate of drug-likeness (QED) is 0.719. The van der Waals surface area contributed by atoms with E-state index in [2.05, 4.69) is 23.7 Å². The van der Waals surface area contributed by atoms with Crippen molar-refractivity contribution in [1.29, 1.82) is 0 Å². The van der Waals surface area contributed by atoms with Gasteiger partial charge in [0.2, 0.25) is 5.91 Å². The molecule has 1 fully saturated rings. The SMILES string of the molecule is C=CCNC(=O)C(C)N1CCC(C)(CN)C1.Cl. The summed E-state index contributed by atoms with van der Waals surface area (Å²) < 4.78 is 0. The summed E-state index contributed by atoms with van der Waals surface area (Å²) in [4.78, 5) is 14.0. The number of carbonyl (C=O) groups excluding carboxylic acids is 1. The van der Waals surface area contributed by atoms with Gasteiger partial charge in [-0.25, -0.2) is 0 Å². The van der Waals surface area contributed by atoms with Crippen LogP contribution in [0.2, 0.25) is 0 Å². The molecule has 0 spiro atoms. The van der Waals surface area contributed by atoms with Crippen LogP contribution in [0.3, 0.4) is 0 Å². The molecule has 2 atom stereocenters. The van der Waals surface area contributed by atoms with Crippen molar-refractivity contribution in [3.05, 3.63) is 12.7 Å². The zero-order chi connectivity index (χ0) is 12.2. The maximum Gasteiger partial charge on any atom is 0.237 e. The Bertz CT molecular complexity index is 272. The van der Waals surface area contributed by atoms with Crippen molar-refractivity contribution >= 4 is 18.3 Å². The lowest BCUT2D eigenvalue weighted by atomic mass is 9.90. The lowest BCUT2D eigenvalue weighted by Crippen LogP contribution is -2.45. The molecule has 4 nitrogen and oxygen atoms in total. The van der Waals surface area contributed by atoms with Gasteiger partial charge in [0.05, 0.1) is 6.04 Å². The van der Waals surface area contributed by atoms with Crippen LogP contribution < -0.4 is 11.1 Å². The number of hydrogen-bond acceptors (Lipinski definition) is 3. The van der Waals surface area contributed by atoms with Gasteiger partial charge < -0.3 is 11.1 Å². The molecule has 1 amide bonds. The van der Waals surface area contributed by atoms with Crippen LogP contribution >= 0.6 is 12.4 Å². The van der Waals surface area contributed by atoms with Gasteiger partial charge in [-0.2, -0.15) is 0 Å². The smallest absolute Gasteiger partial charge is 0.237 e. The summed E-state index contributed by atoms with van der Waals surface area (Å²) in [6.45, 7) is 10.8. The minimum Gasteiger partial charge on any atom is -0.351 e. The molecule has 1 aliphatic rings. The largest absolute Gasteiger partial charge is 0.351 e. The van der Waals surface area contributed by atoms with E-state index in [0.717, 1.165) is 19.5 Å². The molecule has 0 bridgehead atoms. The van der Waals surface area contributed by atoms with Crippen molar-refractivity contribution < 1.29 is 4.79 Å². The van der Waals surface area contributed by atoms with Crippen molar-refractivity contribution in [2.24, 2.45) is 11.1 Å².